The third kappa shape index (κ3) is 8.63. The summed E-state index contributed by atoms with van der Waals surface area (Å²) in [6.45, 7) is 0. The molecule has 0 aromatic carbocycles. The van der Waals surface area contributed by atoms with Crippen LogP contribution in [0.4, 0.5) is 0 Å². The van der Waals surface area contributed by atoms with Crippen molar-refractivity contribution in [2.75, 3.05) is 11.5 Å². The van der Waals surface area contributed by atoms with Gasteiger partial charge in [0.25, 0.3) is 0 Å². The molecular formula is C8H14AuClO4S2. The maximum Gasteiger partial charge on any atom is -0.112 e. The van der Waals surface area contributed by atoms with Crippen LogP contribution in [0.25, 0.3) is 0 Å². The van der Waals surface area contributed by atoms with Gasteiger partial charge in [-0.25, -0.2) is 18.6 Å². The van der Waals surface area contributed by atoms with Crippen molar-refractivity contribution in [2.24, 2.45) is 0 Å². The molecule has 8 heteroatoms. The molecule has 0 aromatic rings. The zero-order chi connectivity index (χ0) is 12.0. The average molecular weight is 471 g/mol. The van der Waals surface area contributed by atoms with Gasteiger partial charge in [-0.05, 0) is 0 Å². The molecular weight excluding hydrogens is 457 g/mol. The predicted octanol–water partition coefficient (Wildman–Crippen LogP) is -1.98. The van der Waals surface area contributed by atoms with Crippen LogP contribution in [0, 0.1) is 10.2 Å². The Balaban J connectivity index is 0.000000221. The summed E-state index contributed by atoms with van der Waals surface area (Å²) in [5.41, 5.74) is 0. The first-order chi connectivity index (χ1) is 7.45. The van der Waals surface area contributed by atoms with Crippen LogP contribution in [-0.4, -0.2) is 18.4 Å². The van der Waals surface area contributed by atoms with Crippen LogP contribution in [0.5, 0.6) is 0 Å². The summed E-state index contributed by atoms with van der Waals surface area (Å²) in [6.07, 6.45) is 6.10. The molecule has 0 radical (unpaired) electrons. The molecule has 2 aliphatic rings. The van der Waals surface area contributed by atoms with Gasteiger partial charge in [0, 0.05) is 0 Å². The molecule has 2 atom stereocenters. The summed E-state index contributed by atoms with van der Waals surface area (Å²) >= 11 is 5.17. The number of hydrogen-bond donors (Lipinski definition) is 0. The van der Waals surface area contributed by atoms with Gasteiger partial charge >= 0.3 is 87.4 Å². The molecule has 2 heterocycles. The normalized spacial score (nSPS) is 30.2. The van der Waals surface area contributed by atoms with E-state index in [9.17, 15) is 0 Å². The smallest absolute Gasteiger partial charge is 0.112 e. The standard InChI is InChI=1S/2C4H7S.Au.ClHO4/c2*1-2-4-5-3-1;;2-1(3,4)5/h2*3H,1-2,4H2;;(H,2,3,4,5)/q;;+1;/p-1. The number of rotatable bonds is 2. The van der Waals surface area contributed by atoms with Crippen molar-refractivity contribution < 1.29 is 48.6 Å². The van der Waals surface area contributed by atoms with Gasteiger partial charge in [0.05, 0.1) is 0 Å². The monoisotopic (exact) mass is 470 g/mol. The first kappa shape index (κ1) is 15.6. The topological polar surface area (TPSA) is 92.2 Å². The molecule has 0 spiro atoms. The predicted molar refractivity (Wildman–Crippen MR) is 51.0 cm³/mol. The van der Waals surface area contributed by atoms with Gasteiger partial charge in [0.1, 0.15) is 0 Å². The quantitative estimate of drug-likeness (QED) is 0.434. The molecule has 2 rings (SSSR count). The van der Waals surface area contributed by atoms with E-state index in [1.165, 1.54) is 24.3 Å². The molecule has 0 aromatic heterocycles. The van der Waals surface area contributed by atoms with E-state index in [1.54, 1.807) is 12.8 Å². The molecule has 0 aliphatic carbocycles. The summed E-state index contributed by atoms with van der Waals surface area (Å²) in [4.78, 5) is 0. The van der Waals surface area contributed by atoms with E-state index in [4.69, 9.17) is 18.6 Å². The van der Waals surface area contributed by atoms with Gasteiger partial charge < -0.3 is 0 Å². The van der Waals surface area contributed by atoms with Crippen LogP contribution in [0.15, 0.2) is 0 Å². The molecule has 0 saturated carbocycles. The third-order valence-corrected chi connectivity index (χ3v) is 10.5. The summed E-state index contributed by atoms with van der Waals surface area (Å²) in [6, 6.07) is 0. The fourth-order valence-electron chi connectivity index (χ4n) is 1.31. The van der Waals surface area contributed by atoms with E-state index in [1.807, 2.05) is 0 Å². The van der Waals surface area contributed by atoms with Crippen LogP contribution in [-0.2, 0) is 19.8 Å². The maximum atomic E-state index is 8.49. The summed E-state index contributed by atoms with van der Waals surface area (Å²) in [5.74, 6) is 2.91. The number of hydrogen-bond acceptors (Lipinski definition) is 6. The third-order valence-electron chi connectivity index (χ3n) is 1.90. The average Bonchev–Trinajstić information content (AvgIpc) is 2.74. The second-order valence-corrected chi connectivity index (χ2v) is 12.0. The molecule has 2 fully saturated rings. The Morgan fingerprint density at radius 2 is 1.25 bits per heavy atom. The molecule has 0 amide bonds. The number of halogens is 1. The van der Waals surface area contributed by atoms with Crippen molar-refractivity contribution in [1.29, 1.82) is 0 Å². The van der Waals surface area contributed by atoms with Crippen LogP contribution in [0.1, 0.15) is 25.7 Å². The Labute approximate surface area is 116 Å². The van der Waals surface area contributed by atoms with Gasteiger partial charge in [0.2, 0.25) is 0 Å². The Morgan fingerprint density at radius 3 is 1.50 bits per heavy atom. The Bertz CT molecular complexity index is 173. The van der Waals surface area contributed by atoms with Crippen molar-refractivity contribution in [3.05, 3.63) is 0 Å². The summed E-state index contributed by atoms with van der Waals surface area (Å²) in [5, 5.41) is 0. The van der Waals surface area contributed by atoms with Crippen molar-refractivity contribution >= 4 is 23.5 Å². The van der Waals surface area contributed by atoms with E-state index in [0.29, 0.717) is 19.8 Å². The minimum Gasteiger partial charge on any atom is -0.222 e. The molecule has 0 bridgehead atoms. The number of thioether (sulfide) groups is 2. The molecule has 0 N–H and O–H groups in total. The fraction of sp³-hybridized carbons (Fsp3) is 1.00. The van der Waals surface area contributed by atoms with E-state index >= 15 is 0 Å². The van der Waals surface area contributed by atoms with Crippen LogP contribution >= 0.6 is 23.5 Å². The minimum atomic E-state index is -4.94. The minimum absolute atomic E-state index is 0.656. The van der Waals surface area contributed by atoms with E-state index in [0.717, 1.165) is 6.94 Å². The Morgan fingerprint density at radius 1 is 0.875 bits per heavy atom. The Hall–Kier alpha value is 1.57. The molecule has 2 aliphatic heterocycles. The van der Waals surface area contributed by atoms with Crippen molar-refractivity contribution in [2.45, 2.75) is 32.6 Å². The van der Waals surface area contributed by atoms with Crippen molar-refractivity contribution in [3.63, 3.8) is 0 Å². The van der Waals surface area contributed by atoms with Gasteiger partial charge in [0.15, 0.2) is 0 Å². The van der Waals surface area contributed by atoms with E-state index < -0.39 is 10.2 Å². The van der Waals surface area contributed by atoms with E-state index in [-0.39, 0.29) is 0 Å². The zero-order valence-corrected chi connectivity index (χ0v) is 13.1. The first-order valence-electron chi connectivity index (χ1n) is 4.83. The maximum absolute atomic E-state index is 8.49. The second kappa shape index (κ2) is 7.89. The van der Waals surface area contributed by atoms with E-state index in [2.05, 4.69) is 23.5 Å². The van der Waals surface area contributed by atoms with Crippen LogP contribution < -0.4 is 18.6 Å². The summed E-state index contributed by atoms with van der Waals surface area (Å²) < 4.78 is 36.2. The van der Waals surface area contributed by atoms with Gasteiger partial charge in [-0.3, -0.25) is 0 Å². The van der Waals surface area contributed by atoms with Gasteiger partial charge in [-0.15, -0.1) is 10.2 Å². The van der Waals surface area contributed by atoms with Gasteiger partial charge in [-0.2, -0.15) is 0 Å². The molecule has 2 saturated heterocycles. The van der Waals surface area contributed by atoms with Crippen molar-refractivity contribution in [3.8, 4) is 0 Å². The molecule has 4 nitrogen and oxygen atoms in total. The van der Waals surface area contributed by atoms with Gasteiger partial charge in [-0.1, -0.05) is 0 Å². The van der Waals surface area contributed by atoms with Crippen LogP contribution in [0.2, 0.25) is 0 Å². The molecule has 2 unspecified atom stereocenters. The zero-order valence-electron chi connectivity index (χ0n) is 8.53. The Kier molecular flexibility index (Phi) is 7.70. The summed E-state index contributed by atoms with van der Waals surface area (Å²) in [7, 11) is -4.94. The molecule has 16 heavy (non-hydrogen) atoms. The first-order valence-corrected chi connectivity index (χ1v) is 10.7. The fourth-order valence-corrected chi connectivity index (χ4v) is 10.6. The van der Waals surface area contributed by atoms with Crippen LogP contribution in [0.3, 0.4) is 0 Å². The molecule has 100 valence electrons. The SMILES string of the molecule is C1CS[CH]([Au+][CH]2CCCS2)C1.[O-][Cl+3]([O-])([O-])[O-]. The van der Waals surface area contributed by atoms with Crippen molar-refractivity contribution in [1.82, 2.24) is 0 Å². The largest absolute Gasteiger partial charge is 0.222 e. The second-order valence-electron chi connectivity index (χ2n) is 3.23.